The highest BCUT2D eigenvalue weighted by Crippen LogP contribution is 2.24. The lowest BCUT2D eigenvalue weighted by molar-refractivity contribution is 0.307. The first-order chi connectivity index (χ1) is 19.6. The molecular weight excluding hydrogens is 504 g/mol. The maximum Gasteiger partial charge on any atom is 0.254 e. The number of ether oxygens (including phenoxy) is 1. The number of fused-ring (bicyclic) bond motifs is 1. The molecule has 6 aromatic rings. The van der Waals surface area contributed by atoms with Crippen LogP contribution in [0, 0.1) is 0 Å². The van der Waals surface area contributed by atoms with Crippen molar-refractivity contribution in [1.82, 2.24) is 29.8 Å². The number of rotatable bonds is 7. The van der Waals surface area contributed by atoms with Gasteiger partial charge >= 0.3 is 0 Å². The lowest BCUT2D eigenvalue weighted by atomic mass is 10.1. The number of nitrogens with two attached hydrogens (primary N) is 2. The molecule has 0 radical (unpaired) electrons. The molecule has 0 spiro atoms. The smallest absolute Gasteiger partial charge is 0.254 e. The molecule has 11 heteroatoms. The second kappa shape index (κ2) is 10.9. The molecule has 0 saturated carbocycles. The molecule has 0 fully saturated rings. The molecule has 11 nitrogen and oxygen atoms in total. The third-order valence-electron chi connectivity index (χ3n) is 6.04. The van der Waals surface area contributed by atoms with Gasteiger partial charge in [-0.2, -0.15) is 14.5 Å². The van der Waals surface area contributed by atoms with E-state index in [4.69, 9.17) is 16.2 Å². The SMILES string of the molecule is NC(=Nc1ccc(-c2ccccc2)nn1)Nc1ccccc1COc1ccc(-c2ccnc3nc(N)nn23)cc1. The van der Waals surface area contributed by atoms with Crippen LogP contribution >= 0.6 is 0 Å². The summed E-state index contributed by atoms with van der Waals surface area (Å²) in [4.78, 5) is 12.7. The minimum Gasteiger partial charge on any atom is -0.489 e. The molecule has 0 aliphatic heterocycles. The van der Waals surface area contributed by atoms with Gasteiger partial charge in [-0.05, 0) is 48.5 Å². The monoisotopic (exact) mass is 528 g/mol. The predicted octanol–water partition coefficient (Wildman–Crippen LogP) is 4.47. The van der Waals surface area contributed by atoms with Gasteiger partial charge in [0, 0.05) is 28.6 Å². The third kappa shape index (κ3) is 5.38. The summed E-state index contributed by atoms with van der Waals surface area (Å²) in [5, 5.41) is 15.8. The van der Waals surface area contributed by atoms with Gasteiger partial charge in [0.1, 0.15) is 12.4 Å². The van der Waals surface area contributed by atoms with Crippen molar-refractivity contribution in [1.29, 1.82) is 0 Å². The number of nitrogens with one attached hydrogen (secondary N) is 1. The van der Waals surface area contributed by atoms with Crippen LogP contribution in [0.3, 0.4) is 0 Å². The van der Waals surface area contributed by atoms with Crippen molar-refractivity contribution in [2.45, 2.75) is 6.61 Å². The topological polar surface area (TPSA) is 155 Å². The molecule has 40 heavy (non-hydrogen) atoms. The molecule has 3 aromatic heterocycles. The summed E-state index contributed by atoms with van der Waals surface area (Å²) in [6, 6.07) is 30.7. The van der Waals surface area contributed by atoms with Crippen LogP contribution < -0.4 is 21.5 Å². The number of aromatic nitrogens is 6. The molecule has 0 aliphatic carbocycles. The Morgan fingerprint density at radius 2 is 1.65 bits per heavy atom. The maximum atomic E-state index is 6.18. The molecule has 5 N–H and O–H groups in total. The molecular formula is C29H24N10O. The molecule has 0 saturated heterocycles. The first-order valence-corrected chi connectivity index (χ1v) is 12.4. The van der Waals surface area contributed by atoms with Gasteiger partial charge in [0.25, 0.3) is 5.78 Å². The van der Waals surface area contributed by atoms with Crippen LogP contribution in [0.2, 0.25) is 0 Å². The average molecular weight is 529 g/mol. The Labute approximate surface area is 229 Å². The van der Waals surface area contributed by atoms with Gasteiger partial charge in [-0.25, -0.2) is 4.98 Å². The lowest BCUT2D eigenvalue weighted by Gasteiger charge is -2.13. The van der Waals surface area contributed by atoms with Gasteiger partial charge in [-0.3, -0.25) is 0 Å². The van der Waals surface area contributed by atoms with Crippen molar-refractivity contribution in [2.75, 3.05) is 11.1 Å². The molecule has 0 amide bonds. The zero-order valence-corrected chi connectivity index (χ0v) is 21.2. The first kappa shape index (κ1) is 24.5. The van der Waals surface area contributed by atoms with Crippen LogP contribution in [0.25, 0.3) is 28.3 Å². The highest BCUT2D eigenvalue weighted by atomic mass is 16.5. The highest BCUT2D eigenvalue weighted by molar-refractivity contribution is 5.94. The van der Waals surface area contributed by atoms with Crippen molar-refractivity contribution in [3.63, 3.8) is 0 Å². The van der Waals surface area contributed by atoms with Crippen LogP contribution in [-0.2, 0) is 6.61 Å². The molecule has 0 unspecified atom stereocenters. The number of anilines is 2. The quantitative estimate of drug-likeness (QED) is 0.201. The summed E-state index contributed by atoms with van der Waals surface area (Å²) in [5.74, 6) is 1.91. The summed E-state index contributed by atoms with van der Waals surface area (Å²) in [5.41, 5.74) is 17.1. The fourth-order valence-electron chi connectivity index (χ4n) is 4.12. The van der Waals surface area contributed by atoms with Crippen LogP contribution in [0.15, 0.2) is 108 Å². The Hall–Kier alpha value is -5.84. The maximum absolute atomic E-state index is 6.18. The van der Waals surface area contributed by atoms with Gasteiger partial charge in [0.15, 0.2) is 11.8 Å². The predicted molar refractivity (Wildman–Crippen MR) is 154 cm³/mol. The van der Waals surface area contributed by atoms with Gasteiger partial charge in [0.05, 0.1) is 11.4 Å². The van der Waals surface area contributed by atoms with E-state index in [1.165, 1.54) is 0 Å². The van der Waals surface area contributed by atoms with Crippen molar-refractivity contribution >= 4 is 29.2 Å². The Kier molecular flexibility index (Phi) is 6.66. The van der Waals surface area contributed by atoms with E-state index in [-0.39, 0.29) is 11.9 Å². The number of hydrogen-bond acceptors (Lipinski definition) is 8. The zero-order valence-electron chi connectivity index (χ0n) is 21.2. The largest absolute Gasteiger partial charge is 0.489 e. The van der Waals surface area contributed by atoms with E-state index < -0.39 is 0 Å². The minimum atomic E-state index is 0.173. The summed E-state index contributed by atoms with van der Waals surface area (Å²) in [7, 11) is 0. The second-order valence-corrected chi connectivity index (χ2v) is 8.75. The minimum absolute atomic E-state index is 0.173. The molecule has 3 heterocycles. The fraction of sp³-hybridized carbons (Fsp3) is 0.0345. The van der Waals surface area contributed by atoms with E-state index >= 15 is 0 Å². The Bertz CT molecular complexity index is 1780. The van der Waals surface area contributed by atoms with E-state index in [0.29, 0.717) is 24.0 Å². The fourth-order valence-corrected chi connectivity index (χ4v) is 4.12. The van der Waals surface area contributed by atoms with Crippen LogP contribution in [0.1, 0.15) is 5.56 Å². The highest BCUT2D eigenvalue weighted by Gasteiger charge is 2.09. The molecule has 6 rings (SSSR count). The van der Waals surface area contributed by atoms with Gasteiger partial charge in [-0.1, -0.05) is 48.5 Å². The van der Waals surface area contributed by atoms with Crippen LogP contribution in [-0.4, -0.2) is 35.7 Å². The number of hydrogen-bond donors (Lipinski definition) is 3. The van der Waals surface area contributed by atoms with E-state index in [1.54, 1.807) is 16.8 Å². The van der Waals surface area contributed by atoms with Crippen LogP contribution in [0.5, 0.6) is 5.75 Å². The third-order valence-corrected chi connectivity index (χ3v) is 6.04. The zero-order chi connectivity index (χ0) is 27.3. The van der Waals surface area contributed by atoms with E-state index in [0.717, 1.165) is 33.8 Å². The second-order valence-electron chi connectivity index (χ2n) is 8.75. The number of aliphatic imine (C=N–C) groups is 1. The molecule has 0 aliphatic rings. The molecule has 3 aromatic carbocycles. The number of benzene rings is 3. The molecule has 0 bridgehead atoms. The van der Waals surface area contributed by atoms with Gasteiger partial charge in [-0.15, -0.1) is 15.3 Å². The van der Waals surface area contributed by atoms with E-state index in [2.05, 4.69) is 35.6 Å². The van der Waals surface area contributed by atoms with Gasteiger partial charge in [0.2, 0.25) is 5.95 Å². The standard InChI is InChI=1S/C29H24N10O/c30-27(34-26-15-14-24(36-37-26)19-6-2-1-3-7-19)33-23-9-5-4-8-21(23)18-40-22-12-10-20(11-13-22)25-16-17-32-29-35-28(31)38-39(25)29/h1-17H,18H2,(H2,31,38)(H3,30,33,34,37). The van der Waals surface area contributed by atoms with Crippen molar-refractivity contribution in [2.24, 2.45) is 10.7 Å². The van der Waals surface area contributed by atoms with Crippen LogP contribution in [0.4, 0.5) is 17.5 Å². The number of nitrogen functional groups attached to an aromatic ring is 1. The Morgan fingerprint density at radius 1 is 0.850 bits per heavy atom. The normalized spacial score (nSPS) is 11.4. The van der Waals surface area contributed by atoms with Gasteiger partial charge < -0.3 is 21.5 Å². The summed E-state index contributed by atoms with van der Waals surface area (Å²) in [6.45, 7) is 0.320. The molecule has 0 atom stereocenters. The van der Waals surface area contributed by atoms with Crippen molar-refractivity contribution < 1.29 is 4.74 Å². The summed E-state index contributed by atoms with van der Waals surface area (Å²) >= 11 is 0. The summed E-state index contributed by atoms with van der Waals surface area (Å²) in [6.07, 6.45) is 1.68. The molecule has 196 valence electrons. The van der Waals surface area contributed by atoms with Crippen molar-refractivity contribution in [3.8, 4) is 28.3 Å². The Balaban J connectivity index is 1.12. The lowest BCUT2D eigenvalue weighted by Crippen LogP contribution is -2.23. The number of nitrogens with zero attached hydrogens (tertiary/aromatic N) is 7. The summed E-state index contributed by atoms with van der Waals surface area (Å²) < 4.78 is 7.67. The number of guanidine groups is 1. The van der Waals surface area contributed by atoms with E-state index in [9.17, 15) is 0 Å². The number of para-hydroxylation sites is 1. The van der Waals surface area contributed by atoms with E-state index in [1.807, 2.05) is 91.0 Å². The first-order valence-electron chi connectivity index (χ1n) is 12.4. The average Bonchev–Trinajstić information content (AvgIpc) is 3.38. The van der Waals surface area contributed by atoms with Crippen molar-refractivity contribution in [3.05, 3.63) is 109 Å². The Morgan fingerprint density at radius 3 is 2.45 bits per heavy atom.